The van der Waals surface area contributed by atoms with Gasteiger partial charge in [-0.1, -0.05) is 0 Å². The van der Waals surface area contributed by atoms with Crippen LogP contribution in [-0.2, 0) is 14.8 Å². The molecule has 4 heterocycles. The minimum Gasteiger partial charge on any atom is -0.375 e. The van der Waals surface area contributed by atoms with Crippen molar-refractivity contribution in [3.05, 3.63) is 54.6 Å². The highest BCUT2D eigenvalue weighted by atomic mass is 32.2. The first-order valence-corrected chi connectivity index (χ1v) is 12.1. The van der Waals surface area contributed by atoms with Crippen LogP contribution < -0.4 is 5.32 Å². The van der Waals surface area contributed by atoms with E-state index in [4.69, 9.17) is 4.74 Å². The van der Waals surface area contributed by atoms with E-state index in [0.717, 1.165) is 19.3 Å². The summed E-state index contributed by atoms with van der Waals surface area (Å²) in [7, 11) is -3.52. The minimum absolute atomic E-state index is 0.0851. The fourth-order valence-corrected chi connectivity index (χ4v) is 5.91. The molecular weight excluding hydrogens is 416 g/mol. The van der Waals surface area contributed by atoms with E-state index in [1.165, 1.54) is 10.5 Å². The third kappa shape index (κ3) is 5.11. The molecule has 0 aromatic carbocycles. The summed E-state index contributed by atoms with van der Waals surface area (Å²) in [6, 6.07) is 6.62. The number of pyridine rings is 2. The maximum atomic E-state index is 12.8. The molecule has 1 unspecified atom stereocenters. The molecule has 2 aliphatic rings. The van der Waals surface area contributed by atoms with Gasteiger partial charge in [-0.2, -0.15) is 4.31 Å². The van der Waals surface area contributed by atoms with Crippen LogP contribution in [0.2, 0.25) is 0 Å². The van der Waals surface area contributed by atoms with E-state index >= 15 is 0 Å². The second kappa shape index (κ2) is 9.42. The number of nitrogens with zero attached hydrogens (tertiary/aromatic N) is 3. The van der Waals surface area contributed by atoms with E-state index in [1.807, 2.05) is 0 Å². The Bertz CT molecular complexity index is 977. The molecule has 1 spiro atoms. The van der Waals surface area contributed by atoms with Gasteiger partial charge in [0, 0.05) is 56.6 Å². The number of ether oxygens (including phenoxy) is 1. The molecule has 0 radical (unpaired) electrons. The molecule has 1 atom stereocenters. The zero-order chi connectivity index (χ0) is 21.7. The standard InChI is InChI=1S/C22H28N4O4S/c27-21(19-4-10-23-11-5-19)25-12-3-18-6-15-30-22(16-18)7-13-26(14-8-22)31(28,29)20-2-1-9-24-17-20/h1-2,4-5,9-11,17-18H,3,6-8,12-16H2,(H,25,27). The molecule has 2 aromatic rings. The Morgan fingerprint density at radius 1 is 1.16 bits per heavy atom. The zero-order valence-electron chi connectivity index (χ0n) is 17.4. The number of carbonyl (C=O) groups excluding carboxylic acids is 1. The zero-order valence-corrected chi connectivity index (χ0v) is 18.3. The average molecular weight is 445 g/mol. The van der Waals surface area contributed by atoms with Crippen molar-refractivity contribution in [1.82, 2.24) is 19.6 Å². The van der Waals surface area contributed by atoms with Gasteiger partial charge in [0.2, 0.25) is 10.0 Å². The summed E-state index contributed by atoms with van der Waals surface area (Å²) in [5.74, 6) is 0.367. The molecule has 1 N–H and O–H groups in total. The van der Waals surface area contributed by atoms with Gasteiger partial charge in [-0.3, -0.25) is 14.8 Å². The SMILES string of the molecule is O=C(NCCC1CCOC2(CCN(S(=O)(=O)c3cccnc3)CC2)C1)c1ccncc1. The molecule has 4 rings (SSSR count). The Morgan fingerprint density at radius 2 is 1.94 bits per heavy atom. The summed E-state index contributed by atoms with van der Waals surface area (Å²) in [6.45, 7) is 2.19. The van der Waals surface area contributed by atoms with E-state index in [9.17, 15) is 13.2 Å². The number of rotatable bonds is 6. The van der Waals surface area contributed by atoms with E-state index in [-0.39, 0.29) is 16.4 Å². The molecule has 2 aromatic heterocycles. The third-order valence-corrected chi connectivity index (χ3v) is 8.16. The topological polar surface area (TPSA) is 101 Å². The summed E-state index contributed by atoms with van der Waals surface area (Å²) < 4.78 is 33.4. The Hall–Kier alpha value is -2.36. The lowest BCUT2D eigenvalue weighted by molar-refractivity contribution is -0.121. The first-order chi connectivity index (χ1) is 15.0. The fraction of sp³-hybridized carbons (Fsp3) is 0.500. The van der Waals surface area contributed by atoms with Gasteiger partial charge in [0.15, 0.2) is 0 Å². The van der Waals surface area contributed by atoms with Gasteiger partial charge >= 0.3 is 0 Å². The Morgan fingerprint density at radius 3 is 2.65 bits per heavy atom. The Kier molecular flexibility index (Phi) is 6.64. The first kappa shape index (κ1) is 21.9. The number of piperidine rings is 1. The van der Waals surface area contributed by atoms with Gasteiger partial charge in [-0.15, -0.1) is 0 Å². The number of carbonyl (C=O) groups is 1. The lowest BCUT2D eigenvalue weighted by Gasteiger charge is -2.46. The molecule has 0 aliphatic carbocycles. The van der Waals surface area contributed by atoms with Crippen LogP contribution in [-0.4, -0.2) is 60.4 Å². The van der Waals surface area contributed by atoms with Crippen LogP contribution >= 0.6 is 0 Å². The number of sulfonamides is 1. The van der Waals surface area contributed by atoms with E-state index < -0.39 is 10.0 Å². The minimum atomic E-state index is -3.52. The molecule has 31 heavy (non-hydrogen) atoms. The van der Waals surface area contributed by atoms with Crippen molar-refractivity contribution in [1.29, 1.82) is 0 Å². The van der Waals surface area contributed by atoms with Crippen molar-refractivity contribution in [2.45, 2.75) is 42.6 Å². The quantitative estimate of drug-likeness (QED) is 0.733. The van der Waals surface area contributed by atoms with Gasteiger partial charge in [0.1, 0.15) is 4.90 Å². The molecule has 9 heteroatoms. The molecular formula is C22H28N4O4S. The van der Waals surface area contributed by atoms with Crippen LogP contribution in [0.15, 0.2) is 53.9 Å². The maximum absolute atomic E-state index is 12.8. The lowest BCUT2D eigenvalue weighted by Crippen LogP contribution is -2.50. The largest absolute Gasteiger partial charge is 0.375 e. The van der Waals surface area contributed by atoms with Crippen molar-refractivity contribution in [3.63, 3.8) is 0 Å². The normalized spacial score (nSPS) is 21.6. The Labute approximate surface area is 183 Å². The van der Waals surface area contributed by atoms with Gasteiger partial charge in [-0.05, 0) is 62.3 Å². The number of hydrogen-bond acceptors (Lipinski definition) is 6. The van der Waals surface area contributed by atoms with Crippen molar-refractivity contribution < 1.29 is 17.9 Å². The second-order valence-electron chi connectivity index (χ2n) is 8.26. The number of nitrogens with one attached hydrogen (secondary N) is 1. The molecule has 2 aliphatic heterocycles. The van der Waals surface area contributed by atoms with Gasteiger partial charge in [0.25, 0.3) is 5.91 Å². The van der Waals surface area contributed by atoms with Crippen LogP contribution in [0.25, 0.3) is 0 Å². The number of hydrogen-bond donors (Lipinski definition) is 1. The Balaban J connectivity index is 1.28. The van der Waals surface area contributed by atoms with Crippen molar-refractivity contribution >= 4 is 15.9 Å². The summed E-state index contributed by atoms with van der Waals surface area (Å²) in [4.78, 5) is 20.3. The third-order valence-electron chi connectivity index (χ3n) is 6.28. The summed E-state index contributed by atoms with van der Waals surface area (Å²) in [5, 5.41) is 2.98. The highest BCUT2D eigenvalue weighted by Gasteiger charge is 2.42. The second-order valence-corrected chi connectivity index (χ2v) is 10.2. The monoisotopic (exact) mass is 444 g/mol. The highest BCUT2D eigenvalue weighted by Crippen LogP contribution is 2.39. The predicted octanol–water partition coefficient (Wildman–Crippen LogP) is 2.25. The lowest BCUT2D eigenvalue weighted by atomic mass is 9.79. The maximum Gasteiger partial charge on any atom is 0.251 e. The molecule has 0 bridgehead atoms. The summed E-state index contributed by atoms with van der Waals surface area (Å²) in [6.07, 6.45) is 10.3. The van der Waals surface area contributed by atoms with Crippen LogP contribution in [0.5, 0.6) is 0 Å². The molecule has 2 saturated heterocycles. The highest BCUT2D eigenvalue weighted by molar-refractivity contribution is 7.89. The first-order valence-electron chi connectivity index (χ1n) is 10.7. The van der Waals surface area contributed by atoms with Crippen molar-refractivity contribution in [2.24, 2.45) is 5.92 Å². The molecule has 1 amide bonds. The summed E-state index contributed by atoms with van der Waals surface area (Å²) >= 11 is 0. The van der Waals surface area contributed by atoms with E-state index in [0.29, 0.717) is 50.6 Å². The van der Waals surface area contributed by atoms with Gasteiger partial charge in [0.05, 0.1) is 5.60 Å². The van der Waals surface area contributed by atoms with Crippen LogP contribution in [0.3, 0.4) is 0 Å². The van der Waals surface area contributed by atoms with Gasteiger partial charge in [-0.25, -0.2) is 8.42 Å². The predicted molar refractivity (Wildman–Crippen MR) is 115 cm³/mol. The number of aromatic nitrogens is 2. The van der Waals surface area contributed by atoms with E-state index in [1.54, 1.807) is 42.9 Å². The van der Waals surface area contributed by atoms with Crippen LogP contribution in [0, 0.1) is 5.92 Å². The van der Waals surface area contributed by atoms with Crippen molar-refractivity contribution in [3.8, 4) is 0 Å². The van der Waals surface area contributed by atoms with Crippen molar-refractivity contribution in [2.75, 3.05) is 26.2 Å². The molecule has 8 nitrogen and oxygen atoms in total. The van der Waals surface area contributed by atoms with Crippen LogP contribution in [0.1, 0.15) is 42.5 Å². The van der Waals surface area contributed by atoms with Crippen LogP contribution in [0.4, 0.5) is 0 Å². The number of amides is 1. The molecule has 0 saturated carbocycles. The molecule has 166 valence electrons. The van der Waals surface area contributed by atoms with E-state index in [2.05, 4.69) is 15.3 Å². The molecule has 2 fully saturated rings. The smallest absolute Gasteiger partial charge is 0.251 e. The average Bonchev–Trinajstić information content (AvgIpc) is 2.81. The summed E-state index contributed by atoms with van der Waals surface area (Å²) in [5.41, 5.74) is 0.347. The fourth-order valence-electron chi connectivity index (χ4n) is 4.50. The van der Waals surface area contributed by atoms with Gasteiger partial charge < -0.3 is 10.1 Å².